The molecule has 6 rings (SSSR count). The van der Waals surface area contributed by atoms with Gasteiger partial charge in [0.2, 0.25) is 10.0 Å². The largest absolute Gasteiger partial charge is 0.478 e. The summed E-state index contributed by atoms with van der Waals surface area (Å²) in [5.41, 5.74) is 4.07. The van der Waals surface area contributed by atoms with Crippen molar-refractivity contribution >= 4 is 32.5 Å². The van der Waals surface area contributed by atoms with Gasteiger partial charge in [-0.05, 0) is 47.9 Å². The van der Waals surface area contributed by atoms with Crippen molar-refractivity contribution in [1.29, 1.82) is 0 Å². The van der Waals surface area contributed by atoms with Gasteiger partial charge in [0, 0.05) is 30.7 Å². The van der Waals surface area contributed by atoms with Gasteiger partial charge in [0.15, 0.2) is 5.75 Å². The highest BCUT2D eigenvalue weighted by Gasteiger charge is 2.43. The number of aromatic nitrogens is 1. The van der Waals surface area contributed by atoms with Crippen LogP contribution in [-0.2, 0) is 16.6 Å². The average molecular weight is 596 g/mol. The van der Waals surface area contributed by atoms with E-state index < -0.39 is 22.2 Å². The summed E-state index contributed by atoms with van der Waals surface area (Å²) in [7, 11) is -2.24. The van der Waals surface area contributed by atoms with Crippen LogP contribution in [0.2, 0.25) is 0 Å². The second-order valence-corrected chi connectivity index (χ2v) is 12.7. The lowest BCUT2D eigenvalue weighted by Gasteiger charge is -2.27. The first-order chi connectivity index (χ1) is 20.6. The van der Waals surface area contributed by atoms with Gasteiger partial charge >= 0.3 is 0 Å². The molecular formula is C34H30FN3O4S. The molecule has 1 amide bonds. The molecule has 0 bridgehead atoms. The fourth-order valence-electron chi connectivity index (χ4n) is 5.69. The Hall–Kier alpha value is -4.76. The van der Waals surface area contributed by atoms with E-state index in [1.807, 2.05) is 67.6 Å². The van der Waals surface area contributed by atoms with Gasteiger partial charge in [0.05, 0.1) is 23.5 Å². The summed E-state index contributed by atoms with van der Waals surface area (Å²) in [4.78, 5) is 20.7. The van der Waals surface area contributed by atoms with Crippen LogP contribution in [0, 0.1) is 5.82 Å². The van der Waals surface area contributed by atoms with E-state index in [1.165, 1.54) is 23.5 Å². The third-order valence-corrected chi connectivity index (χ3v) is 9.09. The third-order valence-electron chi connectivity index (χ3n) is 7.91. The Balaban J connectivity index is 1.60. The minimum absolute atomic E-state index is 0.195. The Morgan fingerprint density at radius 2 is 1.53 bits per heavy atom. The number of amides is 1. The number of anilines is 1. The van der Waals surface area contributed by atoms with Crippen LogP contribution in [0.25, 0.3) is 10.9 Å². The molecule has 1 atom stereocenters. The van der Waals surface area contributed by atoms with E-state index in [9.17, 15) is 17.6 Å². The smallest absolute Gasteiger partial charge is 0.258 e. The van der Waals surface area contributed by atoms with E-state index in [-0.39, 0.29) is 29.6 Å². The summed E-state index contributed by atoms with van der Waals surface area (Å²) in [6.07, 6.45) is 2.15. The second-order valence-electron chi connectivity index (χ2n) is 10.7. The molecule has 0 unspecified atom stereocenters. The van der Waals surface area contributed by atoms with Crippen molar-refractivity contribution in [3.05, 3.63) is 137 Å². The number of carbonyl (C=O) groups is 1. The Bertz CT molecular complexity index is 1880. The summed E-state index contributed by atoms with van der Waals surface area (Å²) in [6.45, 7) is 2.06. The van der Waals surface area contributed by atoms with Crippen LogP contribution in [0.1, 0.15) is 51.7 Å². The molecule has 0 saturated carbocycles. The quantitative estimate of drug-likeness (QED) is 0.201. The Morgan fingerprint density at radius 1 is 0.930 bits per heavy atom. The number of rotatable bonds is 8. The lowest BCUT2D eigenvalue weighted by Crippen LogP contribution is -2.28. The van der Waals surface area contributed by atoms with Gasteiger partial charge in [-0.1, -0.05) is 72.8 Å². The Kier molecular flexibility index (Phi) is 7.35. The molecule has 4 aromatic carbocycles. The molecule has 0 radical (unpaired) electrons. The fourth-order valence-corrected chi connectivity index (χ4v) is 6.22. The molecule has 0 aliphatic carbocycles. The number of carbonyl (C=O) groups excluding carboxylic acids is 1. The van der Waals surface area contributed by atoms with Crippen LogP contribution in [0.5, 0.6) is 5.75 Å². The normalized spacial score (nSPS) is 14.8. The SMILES string of the molecule is C[C@H]1c2c(c(OC(c3ccccc3)c3ccccc3)c3ncccc3c2N(C)S(C)(=O)=O)C(=O)N1Cc1ccc(F)cc1. The molecule has 43 heavy (non-hydrogen) atoms. The molecular weight excluding hydrogens is 565 g/mol. The number of hydrogen-bond acceptors (Lipinski definition) is 5. The van der Waals surface area contributed by atoms with E-state index >= 15 is 0 Å². The minimum atomic E-state index is -3.72. The summed E-state index contributed by atoms with van der Waals surface area (Å²) in [6, 6.07) is 28.4. The van der Waals surface area contributed by atoms with Crippen molar-refractivity contribution in [1.82, 2.24) is 9.88 Å². The molecule has 2 heterocycles. The van der Waals surface area contributed by atoms with Crippen molar-refractivity contribution in [2.75, 3.05) is 17.6 Å². The molecule has 218 valence electrons. The molecule has 0 saturated heterocycles. The zero-order valence-corrected chi connectivity index (χ0v) is 24.8. The van der Waals surface area contributed by atoms with Crippen LogP contribution in [-0.4, -0.2) is 37.5 Å². The number of nitrogens with zero attached hydrogens (tertiary/aromatic N) is 3. The van der Waals surface area contributed by atoms with Gasteiger partial charge in [0.25, 0.3) is 5.91 Å². The molecule has 0 fully saturated rings. The van der Waals surface area contributed by atoms with Gasteiger partial charge in [-0.3, -0.25) is 14.1 Å². The molecule has 1 aromatic heterocycles. The number of fused-ring (bicyclic) bond motifs is 2. The highest BCUT2D eigenvalue weighted by molar-refractivity contribution is 7.92. The van der Waals surface area contributed by atoms with E-state index in [1.54, 1.807) is 35.4 Å². The zero-order valence-electron chi connectivity index (χ0n) is 23.9. The Labute approximate surface area is 250 Å². The number of hydrogen-bond donors (Lipinski definition) is 0. The van der Waals surface area contributed by atoms with E-state index in [2.05, 4.69) is 4.98 Å². The van der Waals surface area contributed by atoms with Crippen molar-refractivity contribution < 1.29 is 22.3 Å². The van der Waals surface area contributed by atoms with Gasteiger partial charge < -0.3 is 9.64 Å². The van der Waals surface area contributed by atoms with Crippen LogP contribution in [0.3, 0.4) is 0 Å². The fraction of sp³-hybridized carbons (Fsp3) is 0.176. The molecule has 0 N–H and O–H groups in total. The maximum absolute atomic E-state index is 14.4. The second kappa shape index (κ2) is 11.1. The summed E-state index contributed by atoms with van der Waals surface area (Å²) in [5.74, 6) is -0.407. The molecule has 0 spiro atoms. The van der Waals surface area contributed by atoms with Gasteiger partial charge in [-0.2, -0.15) is 0 Å². The number of ether oxygens (including phenoxy) is 1. The van der Waals surface area contributed by atoms with Crippen molar-refractivity contribution in [3.8, 4) is 5.75 Å². The highest BCUT2D eigenvalue weighted by atomic mass is 32.2. The zero-order chi connectivity index (χ0) is 30.3. The van der Waals surface area contributed by atoms with Gasteiger partial charge in [-0.15, -0.1) is 0 Å². The minimum Gasteiger partial charge on any atom is -0.478 e. The van der Waals surface area contributed by atoms with E-state index in [4.69, 9.17) is 4.74 Å². The summed E-state index contributed by atoms with van der Waals surface area (Å²) in [5, 5.41) is 0.548. The first-order valence-corrected chi connectivity index (χ1v) is 15.7. The third kappa shape index (κ3) is 5.21. The molecule has 9 heteroatoms. The first kappa shape index (κ1) is 28.4. The molecule has 5 aromatic rings. The molecule has 1 aliphatic rings. The average Bonchev–Trinajstić information content (AvgIpc) is 3.25. The summed E-state index contributed by atoms with van der Waals surface area (Å²) >= 11 is 0. The van der Waals surface area contributed by atoms with Gasteiger partial charge in [0.1, 0.15) is 17.4 Å². The predicted molar refractivity (Wildman–Crippen MR) is 165 cm³/mol. The molecule has 7 nitrogen and oxygen atoms in total. The number of benzene rings is 4. The van der Waals surface area contributed by atoms with Crippen molar-refractivity contribution in [2.45, 2.75) is 25.6 Å². The Morgan fingerprint density at radius 3 is 2.12 bits per heavy atom. The monoisotopic (exact) mass is 595 g/mol. The van der Waals surface area contributed by atoms with Crippen molar-refractivity contribution in [2.24, 2.45) is 0 Å². The van der Waals surface area contributed by atoms with Gasteiger partial charge in [-0.25, -0.2) is 12.8 Å². The van der Waals surface area contributed by atoms with E-state index in [0.717, 1.165) is 22.9 Å². The summed E-state index contributed by atoms with van der Waals surface area (Å²) < 4.78 is 47.6. The standard InChI is InChI=1S/C34H30FN3O4S/c1-22-28-29(34(39)38(22)21-23-16-18-26(35)19-17-23)33(30-27(15-10-20-36-30)31(28)37(2)43(3,40)41)42-32(24-11-6-4-7-12-24)25-13-8-5-9-14-25/h4-20,22,32H,21H2,1-3H3/t22-/m0/s1. The number of halogens is 1. The lowest BCUT2D eigenvalue weighted by atomic mass is 9.96. The van der Waals surface area contributed by atoms with Crippen LogP contribution < -0.4 is 9.04 Å². The van der Waals surface area contributed by atoms with Crippen LogP contribution >= 0.6 is 0 Å². The predicted octanol–water partition coefficient (Wildman–Crippen LogP) is 6.66. The van der Waals surface area contributed by atoms with Crippen LogP contribution in [0.15, 0.2) is 103 Å². The highest BCUT2D eigenvalue weighted by Crippen LogP contribution is 2.50. The van der Waals surface area contributed by atoms with E-state index in [0.29, 0.717) is 22.2 Å². The first-order valence-electron chi connectivity index (χ1n) is 13.9. The lowest BCUT2D eigenvalue weighted by molar-refractivity contribution is 0.0719. The van der Waals surface area contributed by atoms with Crippen LogP contribution in [0.4, 0.5) is 10.1 Å². The topological polar surface area (TPSA) is 79.8 Å². The maximum Gasteiger partial charge on any atom is 0.258 e. The van der Waals surface area contributed by atoms with Crippen molar-refractivity contribution in [3.63, 3.8) is 0 Å². The number of pyridine rings is 1. The molecule has 1 aliphatic heterocycles. The maximum atomic E-state index is 14.4. The number of sulfonamides is 1.